The number of H-pyrrole nitrogens is 1. The van der Waals surface area contributed by atoms with Crippen molar-refractivity contribution in [2.45, 2.75) is 42.9 Å². The molecular weight excluding hydrogens is 278 g/mol. The number of carbonyl (C=O) groups is 2. The monoisotopic (exact) mass is 295 g/mol. The standard InChI is InChI=1S/C13H17N3O3S/c17-10(9-3-1-6-20-9)16-13(4-2-5-13)12-14-7-8(15-12)11(18)19/h7,9H,1-6H2,(H,14,15)(H,16,17)(H,18,19). The summed E-state index contributed by atoms with van der Waals surface area (Å²) in [6.45, 7) is 0. The van der Waals surface area contributed by atoms with Gasteiger partial charge in [-0.2, -0.15) is 0 Å². The molecule has 108 valence electrons. The van der Waals surface area contributed by atoms with Gasteiger partial charge in [-0.25, -0.2) is 9.78 Å². The Morgan fingerprint density at radius 1 is 1.45 bits per heavy atom. The van der Waals surface area contributed by atoms with Crippen LogP contribution in [0.3, 0.4) is 0 Å². The van der Waals surface area contributed by atoms with Crippen molar-refractivity contribution in [3.63, 3.8) is 0 Å². The Labute approximate surface area is 120 Å². The number of hydrogen-bond acceptors (Lipinski definition) is 4. The van der Waals surface area contributed by atoms with Gasteiger partial charge in [0.05, 0.1) is 17.0 Å². The van der Waals surface area contributed by atoms with E-state index < -0.39 is 11.5 Å². The average Bonchev–Trinajstić information content (AvgIpc) is 3.03. The van der Waals surface area contributed by atoms with Crippen LogP contribution in [0.5, 0.6) is 0 Å². The number of carboxylic acid groups (broad SMARTS) is 1. The summed E-state index contributed by atoms with van der Waals surface area (Å²) < 4.78 is 0. The van der Waals surface area contributed by atoms with E-state index in [-0.39, 0.29) is 16.9 Å². The predicted molar refractivity (Wildman–Crippen MR) is 74.7 cm³/mol. The van der Waals surface area contributed by atoms with E-state index in [0.29, 0.717) is 5.82 Å². The molecule has 3 N–H and O–H groups in total. The third kappa shape index (κ3) is 2.30. The van der Waals surface area contributed by atoms with Gasteiger partial charge in [-0.05, 0) is 37.9 Å². The first-order valence-corrected chi connectivity index (χ1v) is 7.88. The third-order valence-electron chi connectivity index (χ3n) is 4.05. The summed E-state index contributed by atoms with van der Waals surface area (Å²) in [5.41, 5.74) is -0.427. The van der Waals surface area contributed by atoms with Gasteiger partial charge in [-0.3, -0.25) is 4.79 Å². The van der Waals surface area contributed by atoms with E-state index in [1.54, 1.807) is 11.8 Å². The van der Waals surface area contributed by atoms with Crippen molar-refractivity contribution < 1.29 is 14.7 Å². The van der Waals surface area contributed by atoms with Gasteiger partial charge in [0.2, 0.25) is 5.91 Å². The van der Waals surface area contributed by atoms with Crippen molar-refractivity contribution in [3.05, 3.63) is 17.7 Å². The lowest BCUT2D eigenvalue weighted by molar-refractivity contribution is -0.124. The second kappa shape index (κ2) is 5.12. The molecular formula is C13H17N3O3S. The number of hydrogen-bond donors (Lipinski definition) is 3. The SMILES string of the molecule is O=C(O)c1cnc(C2(NC(=O)C3CCCS3)CCC2)[nH]1. The molecule has 1 aliphatic heterocycles. The van der Waals surface area contributed by atoms with Crippen molar-refractivity contribution >= 4 is 23.6 Å². The van der Waals surface area contributed by atoms with Gasteiger partial charge >= 0.3 is 5.97 Å². The number of aromatic carboxylic acids is 1. The molecule has 6 nitrogen and oxygen atoms in total. The highest BCUT2D eigenvalue weighted by atomic mass is 32.2. The summed E-state index contributed by atoms with van der Waals surface area (Å²) in [5.74, 6) is 0.628. The summed E-state index contributed by atoms with van der Waals surface area (Å²) in [7, 11) is 0. The molecule has 1 aromatic rings. The van der Waals surface area contributed by atoms with Gasteiger partial charge in [0, 0.05) is 0 Å². The van der Waals surface area contributed by atoms with Gasteiger partial charge in [-0.15, -0.1) is 11.8 Å². The van der Waals surface area contributed by atoms with Crippen LogP contribution in [0.4, 0.5) is 0 Å². The number of aromatic amines is 1. The van der Waals surface area contributed by atoms with Crippen LogP contribution in [0.15, 0.2) is 6.20 Å². The maximum absolute atomic E-state index is 12.3. The first kappa shape index (κ1) is 13.5. The molecule has 1 aromatic heterocycles. The molecule has 0 spiro atoms. The second-order valence-electron chi connectivity index (χ2n) is 5.38. The molecule has 2 fully saturated rings. The number of imidazole rings is 1. The largest absolute Gasteiger partial charge is 0.477 e. The minimum atomic E-state index is -1.03. The van der Waals surface area contributed by atoms with E-state index in [4.69, 9.17) is 5.11 Å². The highest BCUT2D eigenvalue weighted by molar-refractivity contribution is 8.00. The molecule has 20 heavy (non-hydrogen) atoms. The van der Waals surface area contributed by atoms with E-state index in [1.807, 2.05) is 0 Å². The molecule has 7 heteroatoms. The average molecular weight is 295 g/mol. The number of thioether (sulfide) groups is 1. The summed E-state index contributed by atoms with van der Waals surface area (Å²) >= 11 is 1.69. The summed E-state index contributed by atoms with van der Waals surface area (Å²) in [6, 6.07) is 0. The maximum atomic E-state index is 12.3. The molecule has 3 rings (SSSR count). The van der Waals surface area contributed by atoms with Crippen LogP contribution in [-0.4, -0.2) is 38.0 Å². The lowest BCUT2D eigenvalue weighted by Gasteiger charge is -2.41. The highest BCUT2D eigenvalue weighted by Gasteiger charge is 2.44. The number of rotatable bonds is 4. The minimum absolute atomic E-state index is 0.0291. The Morgan fingerprint density at radius 2 is 2.25 bits per heavy atom. The molecule has 0 bridgehead atoms. The van der Waals surface area contributed by atoms with E-state index in [0.717, 1.165) is 37.9 Å². The fourth-order valence-corrected chi connectivity index (χ4v) is 3.89. The number of aromatic nitrogens is 2. The fraction of sp³-hybridized carbons (Fsp3) is 0.615. The normalized spacial score (nSPS) is 24.1. The molecule has 1 unspecified atom stereocenters. The zero-order valence-electron chi connectivity index (χ0n) is 11.0. The molecule has 1 aliphatic carbocycles. The van der Waals surface area contributed by atoms with Crippen molar-refractivity contribution in [3.8, 4) is 0 Å². The number of carbonyl (C=O) groups excluding carboxylic acids is 1. The lowest BCUT2D eigenvalue weighted by atomic mass is 9.76. The first-order chi connectivity index (χ1) is 9.61. The zero-order valence-corrected chi connectivity index (χ0v) is 11.8. The van der Waals surface area contributed by atoms with Crippen LogP contribution in [0.1, 0.15) is 48.4 Å². The molecule has 1 amide bonds. The van der Waals surface area contributed by atoms with Gasteiger partial charge < -0.3 is 15.4 Å². The van der Waals surface area contributed by atoms with Gasteiger partial charge in [0.15, 0.2) is 0 Å². The van der Waals surface area contributed by atoms with Crippen LogP contribution < -0.4 is 5.32 Å². The lowest BCUT2D eigenvalue weighted by Crippen LogP contribution is -2.53. The number of nitrogens with one attached hydrogen (secondary N) is 2. The Bertz CT molecular complexity index is 533. The first-order valence-electron chi connectivity index (χ1n) is 6.83. The molecule has 1 atom stereocenters. The smallest absolute Gasteiger partial charge is 0.353 e. The number of amides is 1. The van der Waals surface area contributed by atoms with Crippen molar-refractivity contribution in [2.24, 2.45) is 0 Å². The van der Waals surface area contributed by atoms with E-state index in [1.165, 1.54) is 6.20 Å². The van der Waals surface area contributed by atoms with Crippen molar-refractivity contribution in [2.75, 3.05) is 5.75 Å². The topological polar surface area (TPSA) is 95.1 Å². The summed E-state index contributed by atoms with van der Waals surface area (Å²) in [6.07, 6.45) is 5.95. The van der Waals surface area contributed by atoms with Gasteiger partial charge in [0.1, 0.15) is 11.5 Å². The molecule has 0 aromatic carbocycles. The van der Waals surface area contributed by atoms with Gasteiger partial charge in [-0.1, -0.05) is 0 Å². The predicted octanol–water partition coefficient (Wildman–Crippen LogP) is 1.50. The van der Waals surface area contributed by atoms with Crippen LogP contribution in [0.25, 0.3) is 0 Å². The van der Waals surface area contributed by atoms with Crippen LogP contribution >= 0.6 is 11.8 Å². The van der Waals surface area contributed by atoms with Crippen LogP contribution in [-0.2, 0) is 10.3 Å². The molecule has 2 heterocycles. The molecule has 2 aliphatic rings. The quantitative estimate of drug-likeness (QED) is 0.782. The Hall–Kier alpha value is -1.50. The van der Waals surface area contributed by atoms with E-state index >= 15 is 0 Å². The molecule has 1 saturated carbocycles. The van der Waals surface area contributed by atoms with Gasteiger partial charge in [0.25, 0.3) is 0 Å². The van der Waals surface area contributed by atoms with E-state index in [9.17, 15) is 9.59 Å². The Balaban J connectivity index is 1.76. The molecule has 0 radical (unpaired) electrons. The van der Waals surface area contributed by atoms with E-state index in [2.05, 4.69) is 15.3 Å². The summed E-state index contributed by atoms with van der Waals surface area (Å²) in [5, 5.41) is 12.1. The summed E-state index contributed by atoms with van der Waals surface area (Å²) in [4.78, 5) is 30.2. The fourth-order valence-electron chi connectivity index (χ4n) is 2.73. The van der Waals surface area contributed by atoms with Crippen LogP contribution in [0.2, 0.25) is 0 Å². The highest BCUT2D eigenvalue weighted by Crippen LogP contribution is 2.40. The Kier molecular flexibility index (Phi) is 3.45. The molecule has 1 saturated heterocycles. The number of nitrogens with zero attached hydrogens (tertiary/aromatic N) is 1. The van der Waals surface area contributed by atoms with Crippen LogP contribution in [0, 0.1) is 0 Å². The third-order valence-corrected chi connectivity index (χ3v) is 5.43. The zero-order chi connectivity index (χ0) is 14.2. The maximum Gasteiger partial charge on any atom is 0.353 e. The second-order valence-corrected chi connectivity index (χ2v) is 6.69. The Morgan fingerprint density at radius 3 is 2.75 bits per heavy atom. The van der Waals surface area contributed by atoms with Crippen molar-refractivity contribution in [1.82, 2.24) is 15.3 Å². The van der Waals surface area contributed by atoms with Crippen molar-refractivity contribution in [1.29, 1.82) is 0 Å². The number of carboxylic acids is 1. The minimum Gasteiger partial charge on any atom is -0.477 e.